The van der Waals surface area contributed by atoms with Crippen LogP contribution >= 0.6 is 0 Å². The molecular weight excluding hydrogens is 124 g/mol. The lowest BCUT2D eigenvalue weighted by atomic mass is 10.3. The third-order valence-corrected chi connectivity index (χ3v) is 1.04. The zero-order chi connectivity index (χ0) is 7.66. The Morgan fingerprint density at radius 2 is 2.00 bits per heavy atom. The smallest absolute Gasteiger partial charge is 0.202 e. The molecular formula is C9H13O. The van der Waals surface area contributed by atoms with Crippen LogP contribution < -0.4 is 0 Å². The van der Waals surface area contributed by atoms with E-state index >= 15 is 0 Å². The van der Waals surface area contributed by atoms with Crippen molar-refractivity contribution >= 4 is 6.29 Å². The van der Waals surface area contributed by atoms with Crippen molar-refractivity contribution in [2.24, 2.45) is 0 Å². The summed E-state index contributed by atoms with van der Waals surface area (Å²) in [4.78, 5) is 9.69. The summed E-state index contributed by atoms with van der Waals surface area (Å²) in [5.74, 6) is 0. The molecule has 0 saturated heterocycles. The second kappa shape index (κ2) is 8.15. The number of rotatable bonds is 5. The summed E-state index contributed by atoms with van der Waals surface area (Å²) < 4.78 is 0. The minimum atomic E-state index is 0.399. The molecule has 0 aromatic rings. The van der Waals surface area contributed by atoms with Crippen LogP contribution in [0.4, 0.5) is 0 Å². The first-order valence-corrected chi connectivity index (χ1v) is 3.58. The van der Waals surface area contributed by atoms with Crippen molar-refractivity contribution in [2.75, 3.05) is 0 Å². The summed E-state index contributed by atoms with van der Waals surface area (Å²) in [7, 11) is 0. The van der Waals surface area contributed by atoms with E-state index in [0.29, 0.717) is 6.42 Å². The molecule has 0 unspecified atom stereocenters. The number of unbranched alkanes of at least 4 members (excludes halogenated alkanes) is 1. The third kappa shape index (κ3) is 7.15. The number of carbonyl (C=O) groups excluding carboxylic acids is 1. The van der Waals surface area contributed by atoms with E-state index in [4.69, 9.17) is 0 Å². The highest BCUT2D eigenvalue weighted by Crippen LogP contribution is 1.88. The predicted molar refractivity (Wildman–Crippen MR) is 43.5 cm³/mol. The predicted octanol–water partition coefficient (Wildman–Crippen LogP) is 2.40. The first kappa shape index (κ1) is 9.15. The van der Waals surface area contributed by atoms with Crippen molar-refractivity contribution in [3.8, 4) is 0 Å². The van der Waals surface area contributed by atoms with Gasteiger partial charge in [0, 0.05) is 6.42 Å². The molecule has 0 aromatic carbocycles. The minimum absolute atomic E-state index is 0.399. The number of hydrogen-bond acceptors (Lipinski definition) is 1. The fraction of sp³-hybridized carbons (Fsp3) is 0.444. The second-order valence-corrected chi connectivity index (χ2v) is 1.99. The Kier molecular flexibility index (Phi) is 7.46. The van der Waals surface area contributed by atoms with Gasteiger partial charge in [-0.3, -0.25) is 4.79 Å². The Labute approximate surface area is 62.4 Å². The molecule has 0 fully saturated rings. The highest BCUT2D eigenvalue weighted by Gasteiger charge is 1.71. The first-order chi connectivity index (χ1) is 4.91. The van der Waals surface area contributed by atoms with E-state index in [9.17, 15) is 4.79 Å². The molecule has 0 aliphatic rings. The van der Waals surface area contributed by atoms with Crippen molar-refractivity contribution in [1.82, 2.24) is 0 Å². The quantitative estimate of drug-likeness (QED) is 0.532. The largest absolute Gasteiger partial charge is 0.291 e. The Morgan fingerprint density at radius 1 is 1.30 bits per heavy atom. The van der Waals surface area contributed by atoms with Crippen LogP contribution in [0.2, 0.25) is 0 Å². The minimum Gasteiger partial charge on any atom is -0.291 e. The van der Waals surface area contributed by atoms with Crippen LogP contribution in [0.15, 0.2) is 24.3 Å². The van der Waals surface area contributed by atoms with Crippen molar-refractivity contribution in [1.29, 1.82) is 0 Å². The summed E-state index contributed by atoms with van der Waals surface area (Å²) in [6.07, 6.45) is 12.2. The molecule has 55 valence electrons. The average Bonchev–Trinajstić information content (AvgIpc) is 1.97. The van der Waals surface area contributed by atoms with Crippen LogP contribution in [-0.4, -0.2) is 6.29 Å². The molecule has 0 amide bonds. The molecule has 10 heavy (non-hydrogen) atoms. The fourth-order valence-corrected chi connectivity index (χ4v) is 0.536. The number of allylic oxidation sites excluding steroid dienone is 4. The second-order valence-electron chi connectivity index (χ2n) is 1.99. The first-order valence-electron chi connectivity index (χ1n) is 3.58. The van der Waals surface area contributed by atoms with Gasteiger partial charge in [-0.2, -0.15) is 0 Å². The molecule has 0 bridgehead atoms. The van der Waals surface area contributed by atoms with Gasteiger partial charge in [-0.05, 0) is 6.42 Å². The SMILES string of the molecule is CCC/C=C/C=C/C[C]=O. The van der Waals surface area contributed by atoms with Crippen LogP contribution in [-0.2, 0) is 4.79 Å². The average molecular weight is 137 g/mol. The van der Waals surface area contributed by atoms with Gasteiger partial charge >= 0.3 is 0 Å². The van der Waals surface area contributed by atoms with Crippen LogP contribution in [0.25, 0.3) is 0 Å². The van der Waals surface area contributed by atoms with E-state index in [-0.39, 0.29) is 0 Å². The lowest BCUT2D eigenvalue weighted by Gasteiger charge is -1.79. The molecule has 1 nitrogen and oxygen atoms in total. The molecule has 1 radical (unpaired) electrons. The van der Waals surface area contributed by atoms with Crippen molar-refractivity contribution in [3.63, 3.8) is 0 Å². The van der Waals surface area contributed by atoms with Crippen molar-refractivity contribution < 1.29 is 4.79 Å². The Hall–Kier alpha value is -0.850. The normalized spacial score (nSPS) is 11.3. The summed E-state index contributed by atoms with van der Waals surface area (Å²) in [5.41, 5.74) is 0. The van der Waals surface area contributed by atoms with Gasteiger partial charge in [0.05, 0.1) is 0 Å². The maximum Gasteiger partial charge on any atom is 0.202 e. The van der Waals surface area contributed by atoms with Gasteiger partial charge in [0.25, 0.3) is 0 Å². The third-order valence-electron chi connectivity index (χ3n) is 1.04. The zero-order valence-electron chi connectivity index (χ0n) is 6.34. The van der Waals surface area contributed by atoms with Gasteiger partial charge in [0.15, 0.2) is 0 Å². The van der Waals surface area contributed by atoms with Gasteiger partial charge in [0.2, 0.25) is 6.29 Å². The Balaban J connectivity index is 3.22. The van der Waals surface area contributed by atoms with Gasteiger partial charge in [-0.15, -0.1) is 0 Å². The van der Waals surface area contributed by atoms with E-state index < -0.39 is 0 Å². The van der Waals surface area contributed by atoms with E-state index in [1.807, 2.05) is 12.2 Å². The Morgan fingerprint density at radius 3 is 2.60 bits per heavy atom. The lowest BCUT2D eigenvalue weighted by molar-refractivity contribution is 0.556. The molecule has 1 heteroatoms. The van der Waals surface area contributed by atoms with E-state index in [0.717, 1.165) is 6.42 Å². The molecule has 0 saturated carbocycles. The summed E-state index contributed by atoms with van der Waals surface area (Å²) in [6.45, 7) is 2.13. The number of hydrogen-bond donors (Lipinski definition) is 0. The van der Waals surface area contributed by atoms with Gasteiger partial charge in [-0.1, -0.05) is 37.6 Å². The molecule has 0 N–H and O–H groups in total. The van der Waals surface area contributed by atoms with E-state index in [1.165, 1.54) is 6.42 Å². The zero-order valence-corrected chi connectivity index (χ0v) is 6.34. The van der Waals surface area contributed by atoms with Gasteiger partial charge in [0.1, 0.15) is 0 Å². The summed E-state index contributed by atoms with van der Waals surface area (Å²) in [5, 5.41) is 0. The van der Waals surface area contributed by atoms with Crippen LogP contribution in [0.5, 0.6) is 0 Å². The van der Waals surface area contributed by atoms with E-state index in [2.05, 4.69) is 13.0 Å². The molecule has 0 rings (SSSR count). The Bertz CT molecular complexity index is 123. The maximum atomic E-state index is 9.69. The van der Waals surface area contributed by atoms with Crippen LogP contribution in [0.1, 0.15) is 26.2 Å². The fourth-order valence-electron chi connectivity index (χ4n) is 0.536. The van der Waals surface area contributed by atoms with Gasteiger partial charge < -0.3 is 0 Å². The molecule has 0 aliphatic heterocycles. The maximum absolute atomic E-state index is 9.69. The molecule has 0 heterocycles. The molecule has 0 aromatic heterocycles. The topological polar surface area (TPSA) is 17.1 Å². The molecule has 0 aliphatic carbocycles. The van der Waals surface area contributed by atoms with E-state index in [1.54, 1.807) is 12.4 Å². The molecule has 0 spiro atoms. The summed E-state index contributed by atoms with van der Waals surface area (Å²) >= 11 is 0. The van der Waals surface area contributed by atoms with Gasteiger partial charge in [-0.25, -0.2) is 0 Å². The highest BCUT2D eigenvalue weighted by molar-refractivity contribution is 5.53. The lowest BCUT2D eigenvalue weighted by Crippen LogP contribution is -1.64. The van der Waals surface area contributed by atoms with Crippen LogP contribution in [0.3, 0.4) is 0 Å². The highest BCUT2D eigenvalue weighted by atomic mass is 16.1. The van der Waals surface area contributed by atoms with Crippen LogP contribution in [0, 0.1) is 0 Å². The van der Waals surface area contributed by atoms with Crippen molar-refractivity contribution in [3.05, 3.63) is 24.3 Å². The standard InChI is InChI=1S/C9H13O/c1-2-3-4-5-6-7-8-9-10/h4-7H,2-3,8H2,1H3/b5-4+,7-6+. The van der Waals surface area contributed by atoms with Crippen molar-refractivity contribution in [2.45, 2.75) is 26.2 Å². The molecule has 0 atom stereocenters. The monoisotopic (exact) mass is 137 g/mol. The summed E-state index contributed by atoms with van der Waals surface area (Å²) in [6, 6.07) is 0.